The zero-order chi connectivity index (χ0) is 21.5. The zero-order valence-electron chi connectivity index (χ0n) is 17.3. The molecule has 0 aliphatic rings. The maximum Gasteiger partial charge on any atom is 0.266 e. The van der Waals surface area contributed by atoms with Crippen LogP contribution in [0.25, 0.3) is 10.2 Å². The summed E-state index contributed by atoms with van der Waals surface area (Å²) in [4.78, 5) is 35.7. The molecular formula is C20H23N5O2S2. The largest absolute Gasteiger partial charge is 0.312 e. The Morgan fingerprint density at radius 1 is 1.38 bits per heavy atom. The van der Waals surface area contributed by atoms with Gasteiger partial charge in [0.25, 0.3) is 11.5 Å². The third kappa shape index (κ3) is 4.10. The van der Waals surface area contributed by atoms with Gasteiger partial charge in [0.2, 0.25) is 0 Å². The first-order valence-electron chi connectivity index (χ1n) is 9.03. The van der Waals surface area contributed by atoms with E-state index in [1.54, 1.807) is 6.92 Å². The first-order chi connectivity index (χ1) is 13.5. The van der Waals surface area contributed by atoms with Crippen LogP contribution in [-0.4, -0.2) is 34.9 Å². The molecule has 0 atom stereocenters. The number of carbonyl (C=O) groups excluding carboxylic acids is 1. The predicted octanol–water partition coefficient (Wildman–Crippen LogP) is 3.84. The van der Waals surface area contributed by atoms with E-state index in [1.165, 1.54) is 22.7 Å². The highest BCUT2D eigenvalue weighted by atomic mass is 32.1. The highest BCUT2D eigenvalue weighted by Crippen LogP contribution is 2.36. The number of amides is 1. The van der Waals surface area contributed by atoms with Crippen LogP contribution < -0.4 is 10.9 Å². The summed E-state index contributed by atoms with van der Waals surface area (Å²) in [5.41, 5.74) is 1.54. The van der Waals surface area contributed by atoms with E-state index < -0.39 is 0 Å². The Labute approximate surface area is 177 Å². The summed E-state index contributed by atoms with van der Waals surface area (Å²) in [7, 11) is 3.78. The first kappa shape index (κ1) is 21.2. The molecule has 152 valence electrons. The van der Waals surface area contributed by atoms with Gasteiger partial charge in [-0.25, -0.2) is 4.98 Å². The van der Waals surface area contributed by atoms with Crippen molar-refractivity contribution in [1.29, 1.82) is 5.26 Å². The molecule has 3 heterocycles. The van der Waals surface area contributed by atoms with Gasteiger partial charge in [-0.15, -0.1) is 22.7 Å². The molecule has 7 nitrogen and oxygen atoms in total. The zero-order valence-corrected chi connectivity index (χ0v) is 18.9. The van der Waals surface area contributed by atoms with E-state index in [-0.39, 0.29) is 16.9 Å². The second-order valence-corrected chi connectivity index (χ2v) is 10.0. The van der Waals surface area contributed by atoms with Gasteiger partial charge in [0.1, 0.15) is 21.7 Å². The van der Waals surface area contributed by atoms with Crippen LogP contribution in [0.15, 0.2) is 10.2 Å². The van der Waals surface area contributed by atoms with Gasteiger partial charge in [0.15, 0.2) is 0 Å². The van der Waals surface area contributed by atoms with Crippen molar-refractivity contribution in [2.24, 2.45) is 0 Å². The molecule has 0 unspecified atom stereocenters. The normalized spacial score (nSPS) is 11.8. The van der Waals surface area contributed by atoms with Crippen molar-refractivity contribution in [1.82, 2.24) is 14.9 Å². The van der Waals surface area contributed by atoms with Crippen molar-refractivity contribution < 1.29 is 4.79 Å². The second-order valence-electron chi connectivity index (χ2n) is 8.16. The third-order valence-electron chi connectivity index (χ3n) is 4.46. The maximum atomic E-state index is 13.0. The molecule has 0 fully saturated rings. The van der Waals surface area contributed by atoms with Crippen molar-refractivity contribution in [3.05, 3.63) is 43.1 Å². The molecule has 3 aromatic rings. The Kier molecular flexibility index (Phi) is 5.63. The molecule has 0 aromatic carbocycles. The number of nitrogens with zero attached hydrogens (tertiary/aromatic N) is 3. The highest BCUT2D eigenvalue weighted by molar-refractivity contribution is 7.21. The lowest BCUT2D eigenvalue weighted by molar-refractivity contribution is 0.103. The summed E-state index contributed by atoms with van der Waals surface area (Å²) in [6.45, 7) is 8.33. The maximum absolute atomic E-state index is 13.0. The summed E-state index contributed by atoms with van der Waals surface area (Å²) >= 11 is 2.53. The standard InChI is InChI=1S/C20H23N5O2S2/c1-10-14-16(26)22-13(8-25(5)6)23-19(14)29-15(10)17(27)24-18-11(7-21)12(9-28-18)20(2,3)4/h9H,8H2,1-6H3,(H,24,27)(H,22,23,26). The number of carbonyl (C=O) groups is 1. The molecule has 0 saturated carbocycles. The Morgan fingerprint density at radius 3 is 2.66 bits per heavy atom. The van der Waals surface area contributed by atoms with Crippen molar-refractivity contribution >= 4 is 43.8 Å². The number of nitriles is 1. The van der Waals surface area contributed by atoms with Gasteiger partial charge in [0, 0.05) is 0 Å². The molecule has 29 heavy (non-hydrogen) atoms. The first-order valence-corrected chi connectivity index (χ1v) is 10.7. The smallest absolute Gasteiger partial charge is 0.266 e. The lowest BCUT2D eigenvalue weighted by Gasteiger charge is -2.17. The van der Waals surface area contributed by atoms with E-state index in [4.69, 9.17) is 0 Å². The van der Waals surface area contributed by atoms with Gasteiger partial charge in [-0.05, 0) is 42.9 Å². The van der Waals surface area contributed by atoms with E-state index in [2.05, 4.69) is 21.4 Å². The van der Waals surface area contributed by atoms with Gasteiger partial charge in [-0.3, -0.25) is 9.59 Å². The lowest BCUT2D eigenvalue weighted by Crippen LogP contribution is -2.18. The molecule has 0 aliphatic heterocycles. The van der Waals surface area contributed by atoms with Crippen LogP contribution in [0.5, 0.6) is 0 Å². The molecule has 0 aliphatic carbocycles. The van der Waals surface area contributed by atoms with Crippen LogP contribution in [0.1, 0.15) is 53.0 Å². The number of anilines is 1. The topological polar surface area (TPSA) is 102 Å². The number of fused-ring (bicyclic) bond motifs is 1. The SMILES string of the molecule is Cc1c(C(=O)Nc2scc(C(C)(C)C)c2C#N)sc2nc(CN(C)C)[nH]c(=O)c12. The van der Waals surface area contributed by atoms with Crippen LogP contribution in [-0.2, 0) is 12.0 Å². The summed E-state index contributed by atoms with van der Waals surface area (Å²) in [6.07, 6.45) is 0. The fourth-order valence-corrected chi connectivity index (χ4v) is 5.28. The van der Waals surface area contributed by atoms with E-state index in [1.807, 2.05) is 45.1 Å². The summed E-state index contributed by atoms with van der Waals surface area (Å²) < 4.78 is 0. The average molecular weight is 430 g/mol. The number of hydrogen-bond acceptors (Lipinski definition) is 7. The number of hydrogen-bond donors (Lipinski definition) is 2. The van der Waals surface area contributed by atoms with Crippen molar-refractivity contribution in [3.63, 3.8) is 0 Å². The molecule has 3 rings (SSSR count). The van der Waals surface area contributed by atoms with Crippen LogP contribution in [0, 0.1) is 18.3 Å². The molecular weight excluding hydrogens is 406 g/mol. The minimum absolute atomic E-state index is 0.196. The van der Waals surface area contributed by atoms with Crippen LogP contribution in [0.2, 0.25) is 0 Å². The third-order valence-corrected chi connectivity index (χ3v) is 6.54. The Hall–Kier alpha value is -2.54. The van der Waals surface area contributed by atoms with Crippen LogP contribution in [0.4, 0.5) is 5.00 Å². The predicted molar refractivity (Wildman–Crippen MR) is 118 cm³/mol. The molecule has 1 amide bonds. The summed E-state index contributed by atoms with van der Waals surface area (Å²) in [6, 6.07) is 2.21. The van der Waals surface area contributed by atoms with Crippen LogP contribution >= 0.6 is 22.7 Å². The minimum atomic E-state index is -0.335. The Bertz CT molecular complexity index is 1190. The molecule has 0 saturated heterocycles. The molecule has 0 radical (unpaired) electrons. The van der Waals surface area contributed by atoms with Gasteiger partial charge in [-0.1, -0.05) is 20.8 Å². The fourth-order valence-electron chi connectivity index (χ4n) is 3.05. The quantitative estimate of drug-likeness (QED) is 0.656. The molecule has 0 bridgehead atoms. The van der Waals surface area contributed by atoms with E-state index >= 15 is 0 Å². The lowest BCUT2D eigenvalue weighted by atomic mass is 9.86. The van der Waals surface area contributed by atoms with E-state index in [9.17, 15) is 14.9 Å². The molecule has 3 aromatic heterocycles. The second kappa shape index (κ2) is 7.71. The monoisotopic (exact) mass is 429 g/mol. The summed E-state index contributed by atoms with van der Waals surface area (Å²) in [5, 5.41) is 15.3. The number of aryl methyl sites for hydroxylation is 1. The minimum Gasteiger partial charge on any atom is -0.312 e. The molecule has 9 heteroatoms. The van der Waals surface area contributed by atoms with Gasteiger partial charge in [-0.2, -0.15) is 5.26 Å². The van der Waals surface area contributed by atoms with E-state index in [0.29, 0.717) is 43.6 Å². The van der Waals surface area contributed by atoms with Gasteiger partial charge >= 0.3 is 0 Å². The highest BCUT2D eigenvalue weighted by Gasteiger charge is 2.25. The number of nitrogens with one attached hydrogen (secondary N) is 2. The fraction of sp³-hybridized carbons (Fsp3) is 0.400. The summed E-state index contributed by atoms with van der Waals surface area (Å²) in [5.74, 6) is 0.221. The number of rotatable bonds is 4. The van der Waals surface area contributed by atoms with E-state index in [0.717, 1.165) is 5.56 Å². The van der Waals surface area contributed by atoms with Crippen molar-refractivity contribution in [2.45, 2.75) is 39.7 Å². The molecule has 0 spiro atoms. The number of aromatic nitrogens is 2. The number of aromatic amines is 1. The van der Waals surface area contributed by atoms with Gasteiger partial charge < -0.3 is 15.2 Å². The Morgan fingerprint density at radius 2 is 2.07 bits per heavy atom. The Balaban J connectivity index is 2.00. The van der Waals surface area contributed by atoms with Crippen LogP contribution in [0.3, 0.4) is 0 Å². The number of thiophene rings is 2. The van der Waals surface area contributed by atoms with Gasteiger partial charge in [0.05, 0.1) is 22.4 Å². The van der Waals surface area contributed by atoms with Crippen molar-refractivity contribution in [2.75, 3.05) is 19.4 Å². The number of H-pyrrole nitrogens is 1. The molecule has 2 N–H and O–H groups in total. The average Bonchev–Trinajstić information content (AvgIpc) is 3.15. The van der Waals surface area contributed by atoms with Crippen molar-refractivity contribution in [3.8, 4) is 6.07 Å².